The first-order chi connectivity index (χ1) is 11.4. The molecule has 24 heavy (non-hydrogen) atoms. The monoisotopic (exact) mass is 336 g/mol. The molecule has 0 bridgehead atoms. The van der Waals surface area contributed by atoms with Crippen LogP contribution in [0.4, 0.5) is 8.78 Å². The number of rotatable bonds is 4. The van der Waals surface area contributed by atoms with E-state index in [1.54, 1.807) is 16.9 Å². The van der Waals surface area contributed by atoms with Crippen LogP contribution < -0.4 is 0 Å². The number of likely N-dealkylation sites (tertiary alicyclic amines) is 1. The lowest BCUT2D eigenvalue weighted by Gasteiger charge is -2.38. The third-order valence-electron chi connectivity index (χ3n) is 4.49. The summed E-state index contributed by atoms with van der Waals surface area (Å²) >= 11 is 0. The van der Waals surface area contributed by atoms with E-state index >= 15 is 0 Å². The van der Waals surface area contributed by atoms with Gasteiger partial charge in [0.15, 0.2) is 11.6 Å². The third-order valence-corrected chi connectivity index (χ3v) is 4.49. The van der Waals surface area contributed by atoms with Crippen molar-refractivity contribution < 1.29 is 13.9 Å². The number of aliphatic hydroxyl groups is 1. The van der Waals surface area contributed by atoms with E-state index in [1.165, 1.54) is 6.07 Å². The highest BCUT2D eigenvalue weighted by Crippen LogP contribution is 2.31. The number of β-amino-alcohol motifs (C(OH)–C–C–N with tert-alkyl or cyclic N) is 1. The second-order valence-electron chi connectivity index (χ2n) is 6.74. The topological polar surface area (TPSA) is 54.2 Å². The number of aromatic nitrogens is 3. The fraction of sp³-hybridized carbons (Fsp3) is 0.529. The van der Waals surface area contributed by atoms with Gasteiger partial charge in [-0.05, 0) is 39.3 Å². The molecule has 130 valence electrons. The summed E-state index contributed by atoms with van der Waals surface area (Å²) in [6, 6.07) is 4.34. The van der Waals surface area contributed by atoms with Crippen LogP contribution in [0, 0.1) is 11.6 Å². The van der Waals surface area contributed by atoms with Crippen LogP contribution in [-0.2, 0) is 12.1 Å². The van der Waals surface area contributed by atoms with E-state index in [0.29, 0.717) is 24.2 Å². The van der Waals surface area contributed by atoms with Gasteiger partial charge in [0.25, 0.3) is 0 Å². The van der Waals surface area contributed by atoms with Gasteiger partial charge in [0.1, 0.15) is 11.3 Å². The smallest absolute Gasteiger partial charge is 0.163 e. The molecule has 1 N–H and O–H groups in total. The number of benzene rings is 1. The highest BCUT2D eigenvalue weighted by molar-refractivity contribution is 5.19. The summed E-state index contributed by atoms with van der Waals surface area (Å²) in [6.45, 7) is 5.27. The van der Waals surface area contributed by atoms with Crippen LogP contribution in [0.15, 0.2) is 24.4 Å². The van der Waals surface area contributed by atoms with Gasteiger partial charge in [0, 0.05) is 24.7 Å². The Balaban J connectivity index is 1.76. The van der Waals surface area contributed by atoms with Gasteiger partial charge >= 0.3 is 0 Å². The molecular formula is C17H22F2N4O. The van der Waals surface area contributed by atoms with Crippen molar-refractivity contribution in [1.82, 2.24) is 19.9 Å². The van der Waals surface area contributed by atoms with Gasteiger partial charge in [-0.25, -0.2) is 13.5 Å². The largest absolute Gasteiger partial charge is 0.382 e. The minimum absolute atomic E-state index is 0.163. The zero-order valence-electron chi connectivity index (χ0n) is 13.9. The zero-order valence-corrected chi connectivity index (χ0v) is 13.9. The average Bonchev–Trinajstić information content (AvgIpc) is 3.03. The van der Waals surface area contributed by atoms with E-state index in [0.717, 1.165) is 19.0 Å². The number of piperidine rings is 1. The molecule has 1 fully saturated rings. The molecule has 0 radical (unpaired) electrons. The first kappa shape index (κ1) is 17.0. The molecule has 1 unspecified atom stereocenters. The Kier molecular flexibility index (Phi) is 4.64. The van der Waals surface area contributed by atoms with Crippen molar-refractivity contribution in [3.8, 4) is 0 Å². The van der Waals surface area contributed by atoms with E-state index in [-0.39, 0.29) is 12.6 Å². The summed E-state index contributed by atoms with van der Waals surface area (Å²) in [5.41, 5.74) is -0.291. The van der Waals surface area contributed by atoms with Crippen molar-refractivity contribution in [3.05, 3.63) is 47.3 Å². The van der Waals surface area contributed by atoms with E-state index < -0.39 is 17.2 Å². The van der Waals surface area contributed by atoms with Gasteiger partial charge in [-0.3, -0.25) is 4.90 Å². The molecule has 1 saturated heterocycles. The molecule has 1 aromatic carbocycles. The maximum Gasteiger partial charge on any atom is 0.163 e. The van der Waals surface area contributed by atoms with E-state index in [1.807, 2.05) is 18.7 Å². The Hall–Kier alpha value is -1.86. The summed E-state index contributed by atoms with van der Waals surface area (Å²) in [5.74, 6) is -1.67. The van der Waals surface area contributed by atoms with Gasteiger partial charge in [-0.2, -0.15) is 0 Å². The van der Waals surface area contributed by atoms with Crippen molar-refractivity contribution in [2.45, 2.75) is 44.9 Å². The van der Waals surface area contributed by atoms with E-state index in [2.05, 4.69) is 10.3 Å². The van der Waals surface area contributed by atoms with Gasteiger partial charge in [0.2, 0.25) is 0 Å². The van der Waals surface area contributed by atoms with Crippen molar-refractivity contribution >= 4 is 0 Å². The predicted octanol–water partition coefficient (Wildman–Crippen LogP) is 2.62. The van der Waals surface area contributed by atoms with Crippen LogP contribution in [0.25, 0.3) is 0 Å². The normalized spacial score (nSPS) is 22.2. The summed E-state index contributed by atoms with van der Waals surface area (Å²) in [7, 11) is 0. The Morgan fingerprint density at radius 1 is 1.33 bits per heavy atom. The Morgan fingerprint density at radius 2 is 2.12 bits per heavy atom. The van der Waals surface area contributed by atoms with Crippen molar-refractivity contribution in [3.63, 3.8) is 0 Å². The van der Waals surface area contributed by atoms with Gasteiger partial charge in [0.05, 0.1) is 6.20 Å². The second kappa shape index (κ2) is 6.57. The summed E-state index contributed by atoms with van der Waals surface area (Å²) in [6.07, 6.45) is 3.09. The van der Waals surface area contributed by atoms with Crippen LogP contribution in [0.2, 0.25) is 0 Å². The number of hydrogen-bond acceptors (Lipinski definition) is 4. The number of hydrogen-bond donors (Lipinski definition) is 1. The minimum Gasteiger partial charge on any atom is -0.382 e. The molecule has 3 rings (SSSR count). The van der Waals surface area contributed by atoms with E-state index in [9.17, 15) is 13.9 Å². The van der Waals surface area contributed by atoms with Crippen LogP contribution in [-0.4, -0.2) is 38.1 Å². The molecule has 7 heteroatoms. The molecule has 1 aliphatic rings. The average molecular weight is 336 g/mol. The lowest BCUT2D eigenvalue weighted by molar-refractivity contribution is -0.0417. The maximum atomic E-state index is 13.9. The molecule has 5 nitrogen and oxygen atoms in total. The van der Waals surface area contributed by atoms with Gasteiger partial charge < -0.3 is 5.11 Å². The summed E-state index contributed by atoms with van der Waals surface area (Å²) in [5, 5.41) is 19.1. The summed E-state index contributed by atoms with van der Waals surface area (Å²) < 4.78 is 28.9. The summed E-state index contributed by atoms with van der Waals surface area (Å²) in [4.78, 5) is 1.93. The van der Waals surface area contributed by atoms with Crippen molar-refractivity contribution in [2.24, 2.45) is 0 Å². The highest BCUT2D eigenvalue weighted by atomic mass is 19.2. The lowest BCUT2D eigenvalue weighted by Crippen LogP contribution is -2.46. The number of nitrogens with zero attached hydrogens (tertiary/aromatic N) is 4. The Bertz CT molecular complexity index is 718. The molecule has 1 aromatic heterocycles. The first-order valence-corrected chi connectivity index (χ1v) is 8.19. The number of halogens is 2. The second-order valence-corrected chi connectivity index (χ2v) is 6.74. The Labute approximate surface area is 139 Å². The van der Waals surface area contributed by atoms with Gasteiger partial charge in [-0.1, -0.05) is 17.3 Å². The van der Waals surface area contributed by atoms with Crippen LogP contribution in [0.3, 0.4) is 0 Å². The molecular weight excluding hydrogens is 314 g/mol. The molecule has 0 amide bonds. The standard InChI is InChI=1S/C17H22F2N4O/c1-12(2)23-10-15(20-21-23)17(24)7-4-8-22(11-17)9-13-5-3-6-14(18)16(13)19/h3,5-6,10,12,24H,4,7-9,11H2,1-2H3. The lowest BCUT2D eigenvalue weighted by atomic mass is 9.89. The van der Waals surface area contributed by atoms with Crippen molar-refractivity contribution in [2.75, 3.05) is 13.1 Å². The van der Waals surface area contributed by atoms with Gasteiger partial charge in [-0.15, -0.1) is 5.10 Å². The van der Waals surface area contributed by atoms with E-state index in [4.69, 9.17) is 0 Å². The third kappa shape index (κ3) is 3.32. The fourth-order valence-corrected chi connectivity index (χ4v) is 3.12. The van der Waals surface area contributed by atoms with Crippen LogP contribution >= 0.6 is 0 Å². The SMILES string of the molecule is CC(C)n1cc(C2(O)CCCN(Cc3cccc(F)c3F)C2)nn1. The zero-order chi connectivity index (χ0) is 17.3. The molecule has 0 aliphatic carbocycles. The molecule has 1 atom stereocenters. The van der Waals surface area contributed by atoms with Crippen LogP contribution in [0.5, 0.6) is 0 Å². The van der Waals surface area contributed by atoms with Crippen molar-refractivity contribution in [1.29, 1.82) is 0 Å². The highest BCUT2D eigenvalue weighted by Gasteiger charge is 2.37. The Morgan fingerprint density at radius 3 is 2.83 bits per heavy atom. The predicted molar refractivity (Wildman–Crippen MR) is 85.2 cm³/mol. The maximum absolute atomic E-state index is 13.9. The molecule has 1 aliphatic heterocycles. The first-order valence-electron chi connectivity index (χ1n) is 8.19. The molecule has 2 heterocycles. The molecule has 0 spiro atoms. The van der Waals surface area contributed by atoms with Crippen LogP contribution in [0.1, 0.15) is 44.0 Å². The quantitative estimate of drug-likeness (QED) is 0.932. The fourth-order valence-electron chi connectivity index (χ4n) is 3.12. The molecule has 0 saturated carbocycles. The molecule has 2 aromatic rings. The minimum atomic E-state index is -1.12.